The smallest absolute Gasteiger partial charge is 0.208 e. The first-order chi connectivity index (χ1) is 8.72. The van der Waals surface area contributed by atoms with E-state index in [2.05, 4.69) is 15.9 Å². The standard InChI is InChI=1S/C12H13BrO5/c1-15-9-5-7(8(14)6-13)10(16-2)12-11(9)17-3-4-18-12/h5H,3-4,6H2,1-2H3. The minimum Gasteiger partial charge on any atom is -0.493 e. The molecule has 1 aliphatic heterocycles. The first-order valence-electron chi connectivity index (χ1n) is 5.36. The van der Waals surface area contributed by atoms with Gasteiger partial charge in [0.1, 0.15) is 13.2 Å². The summed E-state index contributed by atoms with van der Waals surface area (Å²) in [6, 6.07) is 1.61. The molecule has 1 heterocycles. The Labute approximate surface area is 113 Å². The van der Waals surface area contributed by atoms with Gasteiger partial charge in [0.15, 0.2) is 17.3 Å². The van der Waals surface area contributed by atoms with Crippen LogP contribution in [0, 0.1) is 0 Å². The third-order valence-electron chi connectivity index (χ3n) is 2.58. The number of fused-ring (bicyclic) bond motifs is 1. The Morgan fingerprint density at radius 1 is 1.28 bits per heavy atom. The molecule has 0 fully saturated rings. The van der Waals surface area contributed by atoms with Gasteiger partial charge in [-0.15, -0.1) is 0 Å². The predicted octanol–water partition coefficient (Wildman–Crippen LogP) is 2.05. The second-order valence-corrected chi connectivity index (χ2v) is 4.13. The van der Waals surface area contributed by atoms with E-state index >= 15 is 0 Å². The van der Waals surface area contributed by atoms with Crippen molar-refractivity contribution in [3.8, 4) is 23.0 Å². The molecule has 0 bridgehead atoms. The molecule has 0 amide bonds. The molecule has 0 radical (unpaired) electrons. The molecule has 0 aliphatic carbocycles. The Bertz CT molecular complexity index is 472. The summed E-state index contributed by atoms with van der Waals surface area (Å²) in [5.74, 6) is 1.64. The second-order valence-electron chi connectivity index (χ2n) is 3.57. The molecule has 0 N–H and O–H groups in total. The third-order valence-corrected chi connectivity index (χ3v) is 3.09. The van der Waals surface area contributed by atoms with Crippen LogP contribution in [0.2, 0.25) is 0 Å². The van der Waals surface area contributed by atoms with E-state index < -0.39 is 0 Å². The van der Waals surface area contributed by atoms with Crippen LogP contribution < -0.4 is 18.9 Å². The number of methoxy groups -OCH3 is 2. The summed E-state index contributed by atoms with van der Waals surface area (Å²) in [7, 11) is 3.01. The van der Waals surface area contributed by atoms with Crippen LogP contribution in [-0.2, 0) is 0 Å². The number of hydrogen-bond acceptors (Lipinski definition) is 5. The van der Waals surface area contributed by atoms with E-state index in [1.165, 1.54) is 14.2 Å². The van der Waals surface area contributed by atoms with Crippen LogP contribution >= 0.6 is 15.9 Å². The molecular weight excluding hydrogens is 304 g/mol. The second kappa shape index (κ2) is 5.48. The van der Waals surface area contributed by atoms with Gasteiger partial charge >= 0.3 is 0 Å². The van der Waals surface area contributed by atoms with E-state index in [4.69, 9.17) is 18.9 Å². The minimum absolute atomic E-state index is 0.109. The summed E-state index contributed by atoms with van der Waals surface area (Å²) in [5.41, 5.74) is 0.412. The first-order valence-corrected chi connectivity index (χ1v) is 6.48. The van der Waals surface area contributed by atoms with Crippen LogP contribution in [0.3, 0.4) is 0 Å². The normalized spacial score (nSPS) is 13.1. The highest BCUT2D eigenvalue weighted by molar-refractivity contribution is 9.09. The van der Waals surface area contributed by atoms with Crippen LogP contribution in [0.4, 0.5) is 0 Å². The lowest BCUT2D eigenvalue weighted by atomic mass is 10.1. The molecule has 0 aromatic heterocycles. The molecule has 1 aromatic rings. The molecular formula is C12H13BrO5. The largest absolute Gasteiger partial charge is 0.493 e. The highest BCUT2D eigenvalue weighted by Crippen LogP contribution is 2.48. The molecule has 1 aliphatic rings. The van der Waals surface area contributed by atoms with E-state index in [9.17, 15) is 4.79 Å². The van der Waals surface area contributed by atoms with Crippen molar-refractivity contribution in [1.82, 2.24) is 0 Å². The van der Waals surface area contributed by atoms with Crippen molar-refractivity contribution in [2.45, 2.75) is 0 Å². The van der Waals surface area contributed by atoms with Gasteiger partial charge in [-0.05, 0) is 6.07 Å². The monoisotopic (exact) mass is 316 g/mol. The molecule has 2 rings (SSSR count). The number of alkyl halides is 1. The number of ketones is 1. The van der Waals surface area contributed by atoms with Crippen molar-refractivity contribution in [3.63, 3.8) is 0 Å². The molecule has 0 saturated heterocycles. The fraction of sp³-hybridized carbons (Fsp3) is 0.417. The van der Waals surface area contributed by atoms with Gasteiger partial charge in [0.2, 0.25) is 11.5 Å². The summed E-state index contributed by atoms with van der Waals surface area (Å²) in [6.45, 7) is 0.858. The molecule has 5 nitrogen and oxygen atoms in total. The zero-order valence-electron chi connectivity index (χ0n) is 10.1. The Balaban J connectivity index is 2.64. The van der Waals surface area contributed by atoms with Crippen molar-refractivity contribution in [2.75, 3.05) is 32.8 Å². The van der Waals surface area contributed by atoms with Crippen molar-refractivity contribution in [1.29, 1.82) is 0 Å². The summed E-state index contributed by atoms with van der Waals surface area (Å²) < 4.78 is 21.5. The maximum absolute atomic E-state index is 11.9. The van der Waals surface area contributed by atoms with Gasteiger partial charge in [0.25, 0.3) is 0 Å². The quantitative estimate of drug-likeness (QED) is 0.628. The Kier molecular flexibility index (Phi) is 3.96. The molecule has 98 valence electrons. The maximum atomic E-state index is 11.9. The fourth-order valence-corrected chi connectivity index (χ4v) is 2.09. The summed E-state index contributed by atoms with van der Waals surface area (Å²) in [6.07, 6.45) is 0. The Morgan fingerprint density at radius 2 is 1.94 bits per heavy atom. The lowest BCUT2D eigenvalue weighted by molar-refractivity contribution is 0.101. The van der Waals surface area contributed by atoms with Gasteiger partial charge in [-0.1, -0.05) is 15.9 Å². The average Bonchev–Trinajstić information content (AvgIpc) is 2.44. The SMILES string of the molecule is COc1cc(C(=O)CBr)c(OC)c2c1OCCO2. The lowest BCUT2D eigenvalue weighted by Gasteiger charge is -2.23. The fourth-order valence-electron chi connectivity index (χ4n) is 1.79. The topological polar surface area (TPSA) is 54.0 Å². The lowest BCUT2D eigenvalue weighted by Crippen LogP contribution is -2.18. The molecule has 18 heavy (non-hydrogen) atoms. The van der Waals surface area contributed by atoms with Gasteiger partial charge in [-0.25, -0.2) is 0 Å². The molecule has 0 unspecified atom stereocenters. The Morgan fingerprint density at radius 3 is 2.50 bits per heavy atom. The summed E-state index contributed by atoms with van der Waals surface area (Å²) in [4.78, 5) is 11.9. The molecule has 6 heteroatoms. The van der Waals surface area contributed by atoms with Gasteiger partial charge in [0, 0.05) is 0 Å². The zero-order chi connectivity index (χ0) is 13.1. The molecule has 0 atom stereocenters. The van der Waals surface area contributed by atoms with E-state index in [1.807, 2.05) is 0 Å². The van der Waals surface area contributed by atoms with E-state index in [1.54, 1.807) is 6.07 Å². The number of hydrogen-bond donors (Lipinski definition) is 0. The summed E-state index contributed by atoms with van der Waals surface area (Å²) in [5, 5.41) is 0.201. The van der Waals surface area contributed by atoms with Crippen LogP contribution in [0.25, 0.3) is 0 Å². The summed E-state index contributed by atoms with van der Waals surface area (Å²) >= 11 is 3.14. The van der Waals surface area contributed by atoms with E-state index in [0.29, 0.717) is 41.8 Å². The number of carbonyl (C=O) groups is 1. The van der Waals surface area contributed by atoms with Crippen molar-refractivity contribution >= 4 is 21.7 Å². The molecule has 0 spiro atoms. The van der Waals surface area contributed by atoms with Gasteiger partial charge in [-0.2, -0.15) is 0 Å². The third kappa shape index (κ3) is 2.12. The molecule has 0 saturated carbocycles. The highest BCUT2D eigenvalue weighted by Gasteiger charge is 2.27. The highest BCUT2D eigenvalue weighted by atomic mass is 79.9. The van der Waals surface area contributed by atoms with Crippen LogP contribution in [-0.4, -0.2) is 38.5 Å². The van der Waals surface area contributed by atoms with Crippen molar-refractivity contribution in [2.24, 2.45) is 0 Å². The number of Topliss-reactive ketones (excluding diaryl/α,β-unsaturated/α-hetero) is 1. The average molecular weight is 317 g/mol. The number of halogens is 1. The van der Waals surface area contributed by atoms with Crippen molar-refractivity contribution < 1.29 is 23.7 Å². The van der Waals surface area contributed by atoms with Crippen LogP contribution in [0.15, 0.2) is 6.07 Å². The van der Waals surface area contributed by atoms with Gasteiger partial charge in [-0.3, -0.25) is 4.79 Å². The van der Waals surface area contributed by atoms with E-state index in [-0.39, 0.29) is 11.1 Å². The maximum Gasteiger partial charge on any atom is 0.208 e. The Hall–Kier alpha value is -1.43. The van der Waals surface area contributed by atoms with E-state index in [0.717, 1.165) is 0 Å². The number of carbonyl (C=O) groups excluding carboxylic acids is 1. The van der Waals surface area contributed by atoms with Gasteiger partial charge < -0.3 is 18.9 Å². The van der Waals surface area contributed by atoms with Gasteiger partial charge in [0.05, 0.1) is 25.1 Å². The first kappa shape index (κ1) is 13.0. The number of ether oxygens (including phenoxy) is 4. The van der Waals surface area contributed by atoms with Crippen LogP contribution in [0.5, 0.6) is 23.0 Å². The molecule has 1 aromatic carbocycles. The number of rotatable bonds is 4. The zero-order valence-corrected chi connectivity index (χ0v) is 11.7. The van der Waals surface area contributed by atoms with Crippen molar-refractivity contribution in [3.05, 3.63) is 11.6 Å². The number of benzene rings is 1. The van der Waals surface area contributed by atoms with Crippen LogP contribution in [0.1, 0.15) is 10.4 Å². The minimum atomic E-state index is -0.109. The predicted molar refractivity (Wildman–Crippen MR) is 68.7 cm³/mol.